The molecule has 0 spiro atoms. The third kappa shape index (κ3) is 4.69. The van der Waals surface area contributed by atoms with Crippen molar-refractivity contribution in [2.24, 2.45) is 0 Å². The molecule has 0 atom stereocenters. The molecule has 1 heterocycles. The highest BCUT2D eigenvalue weighted by Crippen LogP contribution is 2.27. The van der Waals surface area contributed by atoms with Crippen LogP contribution in [0, 0.1) is 0 Å². The van der Waals surface area contributed by atoms with Crippen LogP contribution in [0.1, 0.15) is 25.8 Å². The van der Waals surface area contributed by atoms with Crippen LogP contribution in [-0.4, -0.2) is 55.2 Å². The molecule has 0 aromatic carbocycles. The fourth-order valence-corrected chi connectivity index (χ4v) is 2.11. The van der Waals surface area contributed by atoms with Gasteiger partial charge in [0.15, 0.2) is 6.29 Å². The van der Waals surface area contributed by atoms with E-state index in [9.17, 15) is 4.79 Å². The molecule has 1 N–H and O–H groups in total. The zero-order chi connectivity index (χ0) is 15.3. The van der Waals surface area contributed by atoms with Gasteiger partial charge >= 0.3 is 6.03 Å². The van der Waals surface area contributed by atoms with E-state index in [1.165, 1.54) is 30.5 Å². The Bertz CT molecular complexity index is 440. The molecule has 0 radical (unpaired) electrons. The third-order valence-electron chi connectivity index (χ3n) is 2.58. The number of rotatable bonds is 5. The number of carbonyl (C=O) groups is 1. The number of amides is 2. The minimum atomic E-state index is -0.453. The van der Waals surface area contributed by atoms with Crippen molar-refractivity contribution in [2.45, 2.75) is 32.5 Å². The van der Waals surface area contributed by atoms with E-state index in [1.807, 2.05) is 20.8 Å². The predicted molar refractivity (Wildman–Crippen MR) is 78.1 cm³/mol. The average Bonchev–Trinajstić information content (AvgIpc) is 2.83. The summed E-state index contributed by atoms with van der Waals surface area (Å²) >= 11 is 1.37. The van der Waals surface area contributed by atoms with E-state index < -0.39 is 6.29 Å². The molecule has 2 amide bonds. The first kappa shape index (κ1) is 16.8. The van der Waals surface area contributed by atoms with Crippen molar-refractivity contribution in [3.8, 4) is 0 Å². The fraction of sp³-hybridized carbons (Fsp3) is 0.750. The van der Waals surface area contributed by atoms with Gasteiger partial charge in [0.25, 0.3) is 0 Å². The van der Waals surface area contributed by atoms with Crippen LogP contribution in [0.25, 0.3) is 0 Å². The van der Waals surface area contributed by atoms with Gasteiger partial charge in [0, 0.05) is 26.7 Å². The number of nitrogens with one attached hydrogen (secondary N) is 1. The van der Waals surface area contributed by atoms with Crippen molar-refractivity contribution in [2.75, 3.05) is 33.1 Å². The fourth-order valence-electron chi connectivity index (χ4n) is 1.32. The van der Waals surface area contributed by atoms with Crippen LogP contribution >= 0.6 is 11.3 Å². The normalized spacial score (nSPS) is 11.8. The molecule has 7 nitrogen and oxygen atoms in total. The average molecular weight is 302 g/mol. The maximum Gasteiger partial charge on any atom is 0.323 e. The van der Waals surface area contributed by atoms with Crippen molar-refractivity contribution in [1.82, 2.24) is 15.1 Å². The highest BCUT2D eigenvalue weighted by molar-refractivity contribution is 7.15. The van der Waals surface area contributed by atoms with E-state index in [0.717, 1.165) is 5.01 Å². The molecule has 1 aromatic heterocycles. The van der Waals surface area contributed by atoms with E-state index >= 15 is 0 Å². The first-order chi connectivity index (χ1) is 9.27. The summed E-state index contributed by atoms with van der Waals surface area (Å²) in [5.74, 6) is 0. The molecular weight excluding hydrogens is 280 g/mol. The molecule has 0 aliphatic carbocycles. The van der Waals surface area contributed by atoms with Gasteiger partial charge in [-0.15, -0.1) is 10.2 Å². The molecular formula is C12H22N4O3S. The van der Waals surface area contributed by atoms with Crippen molar-refractivity contribution >= 4 is 22.5 Å². The lowest BCUT2D eigenvalue weighted by atomic mass is 9.98. The summed E-state index contributed by atoms with van der Waals surface area (Å²) in [7, 11) is 4.71. The summed E-state index contributed by atoms with van der Waals surface area (Å²) in [6, 6.07) is -0.277. The third-order valence-corrected chi connectivity index (χ3v) is 3.84. The number of likely N-dealkylation sites (N-methyl/N-ethyl adjacent to an activating group) is 1. The minimum Gasteiger partial charge on any atom is -0.354 e. The van der Waals surface area contributed by atoms with Gasteiger partial charge in [-0.05, 0) is 0 Å². The maximum absolute atomic E-state index is 12.0. The van der Waals surface area contributed by atoms with Gasteiger partial charge in [0.2, 0.25) is 5.13 Å². The smallest absolute Gasteiger partial charge is 0.323 e. The summed E-state index contributed by atoms with van der Waals surface area (Å²) in [4.78, 5) is 13.4. The lowest BCUT2D eigenvalue weighted by Crippen LogP contribution is -2.38. The zero-order valence-corrected chi connectivity index (χ0v) is 13.6. The van der Waals surface area contributed by atoms with Crippen LogP contribution in [-0.2, 0) is 14.9 Å². The number of methoxy groups -OCH3 is 2. The molecule has 0 unspecified atom stereocenters. The molecule has 0 aliphatic heterocycles. The van der Waals surface area contributed by atoms with Crippen molar-refractivity contribution in [1.29, 1.82) is 0 Å². The van der Waals surface area contributed by atoms with Crippen LogP contribution in [0.3, 0.4) is 0 Å². The minimum absolute atomic E-state index is 0.0796. The number of nitrogens with zero attached hydrogens (tertiary/aromatic N) is 3. The van der Waals surface area contributed by atoms with Gasteiger partial charge in [-0.2, -0.15) is 0 Å². The summed E-state index contributed by atoms with van der Waals surface area (Å²) in [6.07, 6.45) is -0.453. The zero-order valence-electron chi connectivity index (χ0n) is 12.8. The van der Waals surface area contributed by atoms with Gasteiger partial charge < -0.3 is 14.4 Å². The second-order valence-corrected chi connectivity index (χ2v) is 6.35. The Balaban J connectivity index is 2.59. The topological polar surface area (TPSA) is 76.6 Å². The molecule has 114 valence electrons. The Labute approximate surface area is 123 Å². The number of hydrogen-bond acceptors (Lipinski definition) is 6. The molecule has 0 bridgehead atoms. The van der Waals surface area contributed by atoms with Gasteiger partial charge in [0.05, 0.1) is 6.54 Å². The van der Waals surface area contributed by atoms with Crippen molar-refractivity contribution in [3.05, 3.63) is 5.01 Å². The van der Waals surface area contributed by atoms with Gasteiger partial charge in [0.1, 0.15) is 5.01 Å². The molecule has 1 aromatic rings. The van der Waals surface area contributed by atoms with E-state index in [2.05, 4.69) is 15.5 Å². The van der Waals surface area contributed by atoms with Crippen molar-refractivity contribution < 1.29 is 14.3 Å². The largest absolute Gasteiger partial charge is 0.354 e. The molecule has 0 saturated heterocycles. The molecule has 0 aliphatic rings. The highest BCUT2D eigenvalue weighted by atomic mass is 32.1. The molecule has 8 heteroatoms. The van der Waals surface area contributed by atoms with E-state index in [0.29, 0.717) is 11.7 Å². The number of aromatic nitrogens is 2. The standard InChI is InChI=1S/C12H22N4O3S/c1-12(2,3)9-14-15-10(20-9)13-11(17)16(4)7-8(18-5)19-6/h8H,7H2,1-6H3,(H,13,15,17). The SMILES string of the molecule is COC(CN(C)C(=O)Nc1nnc(C(C)(C)C)s1)OC. The second-order valence-electron chi connectivity index (χ2n) is 5.37. The first-order valence-corrected chi connectivity index (χ1v) is 7.01. The quantitative estimate of drug-likeness (QED) is 0.841. The molecule has 20 heavy (non-hydrogen) atoms. The van der Waals surface area contributed by atoms with E-state index in [-0.39, 0.29) is 11.4 Å². The van der Waals surface area contributed by atoms with Gasteiger partial charge in [-0.25, -0.2) is 4.79 Å². The van der Waals surface area contributed by atoms with Crippen LogP contribution in [0.4, 0.5) is 9.93 Å². The van der Waals surface area contributed by atoms with Crippen LogP contribution in [0.2, 0.25) is 0 Å². The summed E-state index contributed by atoms with van der Waals surface area (Å²) in [5.41, 5.74) is -0.0796. The van der Waals surface area contributed by atoms with Crippen LogP contribution in [0.15, 0.2) is 0 Å². The summed E-state index contributed by atoms with van der Waals surface area (Å²) < 4.78 is 10.1. The maximum atomic E-state index is 12.0. The Morgan fingerprint density at radius 1 is 1.35 bits per heavy atom. The predicted octanol–water partition coefficient (Wildman–Crippen LogP) is 1.92. The summed E-state index contributed by atoms with van der Waals surface area (Å²) in [5, 5.41) is 12.1. The molecule has 0 saturated carbocycles. The van der Waals surface area contributed by atoms with Crippen molar-refractivity contribution in [3.63, 3.8) is 0 Å². The van der Waals surface area contributed by atoms with Gasteiger partial charge in [-0.3, -0.25) is 5.32 Å². The summed E-state index contributed by atoms with van der Waals surface area (Å²) in [6.45, 7) is 6.47. The van der Waals surface area contributed by atoms with E-state index in [4.69, 9.17) is 9.47 Å². The van der Waals surface area contributed by atoms with Crippen LogP contribution < -0.4 is 5.32 Å². The lowest BCUT2D eigenvalue weighted by molar-refractivity contribution is -0.108. The lowest BCUT2D eigenvalue weighted by Gasteiger charge is -2.21. The monoisotopic (exact) mass is 302 g/mol. The number of ether oxygens (including phenoxy) is 2. The Kier molecular flexibility index (Phi) is 5.85. The van der Waals surface area contributed by atoms with Gasteiger partial charge in [-0.1, -0.05) is 32.1 Å². The number of carbonyl (C=O) groups excluding carboxylic acids is 1. The number of urea groups is 1. The first-order valence-electron chi connectivity index (χ1n) is 6.19. The molecule has 1 rings (SSSR count). The van der Waals surface area contributed by atoms with Crippen LogP contribution in [0.5, 0.6) is 0 Å². The number of anilines is 1. The Hall–Kier alpha value is -1.25. The Morgan fingerprint density at radius 3 is 2.40 bits per heavy atom. The number of hydrogen-bond donors (Lipinski definition) is 1. The highest BCUT2D eigenvalue weighted by Gasteiger charge is 2.21. The Morgan fingerprint density at radius 2 is 1.95 bits per heavy atom. The van der Waals surface area contributed by atoms with E-state index in [1.54, 1.807) is 7.05 Å². The second kappa shape index (κ2) is 6.96. The molecule has 0 fully saturated rings.